The maximum atomic E-state index is 5.92. The van der Waals surface area contributed by atoms with Gasteiger partial charge in [0.2, 0.25) is 0 Å². The highest BCUT2D eigenvalue weighted by Gasteiger charge is 2.19. The van der Waals surface area contributed by atoms with Crippen molar-refractivity contribution in [3.05, 3.63) is 24.4 Å². The quantitative estimate of drug-likeness (QED) is 0.824. The van der Waals surface area contributed by atoms with Crippen molar-refractivity contribution in [3.63, 3.8) is 0 Å². The molecule has 94 valence electrons. The molecule has 1 aliphatic rings. The summed E-state index contributed by atoms with van der Waals surface area (Å²) in [5, 5.41) is 12.3. The molecule has 0 aromatic carbocycles. The third-order valence-electron chi connectivity index (χ3n) is 3.36. The van der Waals surface area contributed by atoms with Gasteiger partial charge >= 0.3 is 0 Å². The van der Waals surface area contributed by atoms with E-state index in [2.05, 4.69) is 27.6 Å². The molecular formula is C12H16N6. The van der Waals surface area contributed by atoms with Crippen LogP contribution in [0.2, 0.25) is 0 Å². The van der Waals surface area contributed by atoms with Crippen molar-refractivity contribution < 1.29 is 0 Å². The molecule has 0 saturated carbocycles. The van der Waals surface area contributed by atoms with Crippen LogP contribution >= 0.6 is 0 Å². The fraction of sp³-hybridized carbons (Fsp3) is 0.417. The molecule has 2 N–H and O–H groups in total. The lowest BCUT2D eigenvalue weighted by molar-refractivity contribution is 0.435. The second-order valence-corrected chi connectivity index (χ2v) is 4.65. The lowest BCUT2D eigenvalue weighted by Crippen LogP contribution is -2.12. The van der Waals surface area contributed by atoms with Crippen LogP contribution in [0.1, 0.15) is 12.8 Å². The summed E-state index contributed by atoms with van der Waals surface area (Å²) in [6.07, 6.45) is 8.39. The Hall–Kier alpha value is -2.11. The van der Waals surface area contributed by atoms with Gasteiger partial charge in [0, 0.05) is 19.8 Å². The van der Waals surface area contributed by atoms with Crippen molar-refractivity contribution in [1.82, 2.24) is 24.8 Å². The van der Waals surface area contributed by atoms with Gasteiger partial charge in [0.05, 0.1) is 5.69 Å². The topological polar surface area (TPSA) is 74.6 Å². The van der Waals surface area contributed by atoms with E-state index >= 15 is 0 Å². The summed E-state index contributed by atoms with van der Waals surface area (Å²) in [5.74, 6) is 1.06. The number of rotatable bonds is 3. The summed E-state index contributed by atoms with van der Waals surface area (Å²) in [4.78, 5) is 0. The van der Waals surface area contributed by atoms with Crippen LogP contribution in [0.3, 0.4) is 0 Å². The lowest BCUT2D eigenvalue weighted by Gasteiger charge is -2.11. The monoisotopic (exact) mass is 244 g/mol. The predicted octanol–water partition coefficient (Wildman–Crippen LogP) is 1.23. The van der Waals surface area contributed by atoms with E-state index in [-0.39, 0.29) is 0 Å². The van der Waals surface area contributed by atoms with Crippen LogP contribution in [-0.4, -0.2) is 24.8 Å². The number of hydrogen-bond acceptors (Lipinski definition) is 4. The zero-order valence-corrected chi connectivity index (χ0v) is 10.3. The molecule has 2 heterocycles. The Morgan fingerprint density at radius 3 is 2.83 bits per heavy atom. The number of allylic oxidation sites excluding steroid dienone is 2. The molecule has 6 nitrogen and oxygen atoms in total. The first-order valence-corrected chi connectivity index (χ1v) is 6.08. The van der Waals surface area contributed by atoms with E-state index in [1.165, 1.54) is 0 Å². The van der Waals surface area contributed by atoms with Gasteiger partial charge in [-0.3, -0.25) is 4.68 Å². The minimum Gasteiger partial charge on any atom is -0.380 e. The van der Waals surface area contributed by atoms with Gasteiger partial charge in [0.1, 0.15) is 5.69 Å². The Kier molecular flexibility index (Phi) is 2.62. The second kappa shape index (κ2) is 4.29. The Morgan fingerprint density at radius 1 is 1.39 bits per heavy atom. The number of anilines is 1. The van der Waals surface area contributed by atoms with Gasteiger partial charge in [0.15, 0.2) is 5.82 Å². The zero-order valence-electron chi connectivity index (χ0n) is 10.3. The number of nitrogen functional groups attached to an aromatic ring is 1. The molecule has 0 aliphatic heterocycles. The smallest absolute Gasteiger partial charge is 0.175 e. The van der Waals surface area contributed by atoms with Crippen molar-refractivity contribution in [1.29, 1.82) is 0 Å². The molecule has 0 unspecified atom stereocenters. The summed E-state index contributed by atoms with van der Waals surface area (Å²) in [5.41, 5.74) is 7.74. The van der Waals surface area contributed by atoms with Gasteiger partial charge in [-0.25, -0.2) is 4.68 Å². The van der Waals surface area contributed by atoms with Gasteiger partial charge in [-0.05, 0) is 24.8 Å². The van der Waals surface area contributed by atoms with Crippen LogP contribution in [-0.2, 0) is 13.6 Å². The fourth-order valence-electron chi connectivity index (χ4n) is 2.39. The van der Waals surface area contributed by atoms with Crippen LogP contribution in [0.5, 0.6) is 0 Å². The van der Waals surface area contributed by atoms with E-state index in [0.29, 0.717) is 11.7 Å². The first-order valence-electron chi connectivity index (χ1n) is 6.08. The molecule has 0 fully saturated rings. The standard InChI is InChI=1S/C12H16N6/c1-17-10(6-7-14-17)11-12(13)15-16-18(11)8-9-4-2-3-5-9/h2-3,6-7,9H,4-5,8,13H2,1H3. The largest absolute Gasteiger partial charge is 0.380 e. The molecule has 0 amide bonds. The average molecular weight is 244 g/mol. The van der Waals surface area contributed by atoms with Crippen molar-refractivity contribution in [2.75, 3.05) is 5.73 Å². The summed E-state index contributed by atoms with van der Waals surface area (Å²) in [6.45, 7) is 0.845. The second-order valence-electron chi connectivity index (χ2n) is 4.65. The Bertz CT molecular complexity index is 571. The molecule has 0 bridgehead atoms. The van der Waals surface area contributed by atoms with Crippen molar-refractivity contribution >= 4 is 5.82 Å². The number of nitrogens with two attached hydrogens (primary N) is 1. The molecule has 0 saturated heterocycles. The van der Waals surface area contributed by atoms with Crippen LogP contribution in [0.4, 0.5) is 5.82 Å². The zero-order chi connectivity index (χ0) is 12.5. The number of nitrogens with zero attached hydrogens (tertiary/aromatic N) is 5. The highest BCUT2D eigenvalue weighted by Crippen LogP contribution is 2.26. The van der Waals surface area contributed by atoms with E-state index in [1.54, 1.807) is 10.9 Å². The van der Waals surface area contributed by atoms with Gasteiger partial charge in [0.25, 0.3) is 0 Å². The maximum Gasteiger partial charge on any atom is 0.175 e. The number of aromatic nitrogens is 5. The van der Waals surface area contributed by atoms with Crippen LogP contribution in [0.15, 0.2) is 24.4 Å². The maximum absolute atomic E-state index is 5.92. The van der Waals surface area contributed by atoms with Crippen LogP contribution < -0.4 is 5.73 Å². The molecule has 3 rings (SSSR count). The lowest BCUT2D eigenvalue weighted by atomic mass is 10.1. The minimum absolute atomic E-state index is 0.463. The third-order valence-corrected chi connectivity index (χ3v) is 3.36. The van der Waals surface area contributed by atoms with Gasteiger partial charge in [-0.2, -0.15) is 5.10 Å². The molecule has 0 spiro atoms. The van der Waals surface area contributed by atoms with E-state index < -0.39 is 0 Å². The van der Waals surface area contributed by atoms with Crippen LogP contribution in [0, 0.1) is 5.92 Å². The van der Waals surface area contributed by atoms with Gasteiger partial charge in [-0.15, -0.1) is 5.10 Å². The van der Waals surface area contributed by atoms with Crippen LogP contribution in [0.25, 0.3) is 11.4 Å². The molecule has 1 aliphatic carbocycles. The molecular weight excluding hydrogens is 228 g/mol. The highest BCUT2D eigenvalue weighted by atomic mass is 15.5. The first-order chi connectivity index (χ1) is 8.75. The summed E-state index contributed by atoms with van der Waals surface area (Å²) in [7, 11) is 1.89. The summed E-state index contributed by atoms with van der Waals surface area (Å²) >= 11 is 0. The van der Waals surface area contributed by atoms with E-state index in [1.807, 2.05) is 17.8 Å². The van der Waals surface area contributed by atoms with Gasteiger partial charge in [-0.1, -0.05) is 17.4 Å². The van der Waals surface area contributed by atoms with Gasteiger partial charge < -0.3 is 5.73 Å². The Labute approximate surface area is 105 Å². The highest BCUT2D eigenvalue weighted by molar-refractivity contribution is 5.66. The first kappa shape index (κ1) is 11.0. The Morgan fingerprint density at radius 2 is 2.17 bits per heavy atom. The van der Waals surface area contributed by atoms with Crippen molar-refractivity contribution in [2.45, 2.75) is 19.4 Å². The predicted molar refractivity (Wildman–Crippen MR) is 68.5 cm³/mol. The fourth-order valence-corrected chi connectivity index (χ4v) is 2.39. The Balaban J connectivity index is 1.94. The summed E-state index contributed by atoms with van der Waals surface area (Å²) < 4.78 is 3.68. The molecule has 0 atom stereocenters. The average Bonchev–Trinajstić information content (AvgIpc) is 3.04. The third kappa shape index (κ3) is 1.79. The molecule has 6 heteroatoms. The summed E-state index contributed by atoms with van der Waals surface area (Å²) in [6, 6.07) is 1.93. The van der Waals surface area contributed by atoms with E-state index in [4.69, 9.17) is 5.73 Å². The van der Waals surface area contributed by atoms with Crippen molar-refractivity contribution in [3.8, 4) is 11.4 Å². The SMILES string of the molecule is Cn1nccc1-c1c(N)nnn1CC1CC=CC1. The van der Waals surface area contributed by atoms with Crippen molar-refractivity contribution in [2.24, 2.45) is 13.0 Å². The number of aryl methyl sites for hydroxylation is 1. The molecule has 18 heavy (non-hydrogen) atoms. The molecule has 2 aromatic heterocycles. The minimum atomic E-state index is 0.463. The van der Waals surface area contributed by atoms with E-state index in [0.717, 1.165) is 30.8 Å². The molecule has 2 aromatic rings. The van der Waals surface area contributed by atoms with E-state index in [9.17, 15) is 0 Å². The molecule has 0 radical (unpaired) electrons. The number of hydrogen-bond donors (Lipinski definition) is 1. The normalized spacial score (nSPS) is 15.6.